The number of hydrogen-bond donors (Lipinski definition) is 1. The van der Waals surface area contributed by atoms with Gasteiger partial charge in [0.15, 0.2) is 0 Å². The second-order valence-electron chi connectivity index (χ2n) is 2.25. The Balaban J connectivity index is 2.78. The van der Waals surface area contributed by atoms with Crippen LogP contribution in [-0.4, -0.2) is 23.2 Å². The molecule has 0 aliphatic rings. The Bertz CT molecular complexity index is 267. The molecule has 0 radical (unpaired) electrons. The van der Waals surface area contributed by atoms with Crippen molar-refractivity contribution < 1.29 is 4.39 Å². The quantitative estimate of drug-likeness (QED) is 0.738. The number of hydrogen-bond acceptors (Lipinski definition) is 3. The Kier molecular flexibility index (Phi) is 3.22. The maximum Gasteiger partial charge on any atom is 0.137 e. The molecule has 1 N–H and O–H groups in total. The molecule has 0 aliphatic heterocycles. The van der Waals surface area contributed by atoms with Crippen molar-refractivity contribution in [3.63, 3.8) is 0 Å². The predicted octanol–water partition coefficient (Wildman–Crippen LogP) is 1.82. The molecule has 12 heavy (non-hydrogen) atoms. The van der Waals surface area contributed by atoms with Gasteiger partial charge in [0.25, 0.3) is 0 Å². The number of nitrogens with one attached hydrogen (secondary N) is 1. The van der Waals surface area contributed by atoms with E-state index in [1.54, 1.807) is 6.92 Å². The zero-order valence-electron chi connectivity index (χ0n) is 6.64. The smallest absolute Gasteiger partial charge is 0.137 e. The first-order valence-electron chi connectivity index (χ1n) is 3.52. The number of alkyl halides is 1. The molecule has 3 nitrogen and oxygen atoms in total. The Morgan fingerprint density at radius 3 is 3.00 bits per heavy atom. The standard InChI is InChI=1S/C7H9ClFN3/c1-5-6(8)11-4-12-7(5)10-3-2-9/h4H,2-3H2,1H3,(H,10,11,12). The third kappa shape index (κ3) is 2.04. The van der Waals surface area contributed by atoms with Crippen molar-refractivity contribution in [2.75, 3.05) is 18.5 Å². The van der Waals surface area contributed by atoms with Crippen LogP contribution in [0.2, 0.25) is 5.15 Å². The van der Waals surface area contributed by atoms with Crippen molar-refractivity contribution in [2.24, 2.45) is 0 Å². The average molecular weight is 190 g/mol. The lowest BCUT2D eigenvalue weighted by molar-refractivity contribution is 0.512. The van der Waals surface area contributed by atoms with Gasteiger partial charge in [0.1, 0.15) is 24.0 Å². The van der Waals surface area contributed by atoms with Crippen molar-refractivity contribution in [1.82, 2.24) is 9.97 Å². The van der Waals surface area contributed by atoms with Gasteiger partial charge in [-0.1, -0.05) is 11.6 Å². The topological polar surface area (TPSA) is 37.8 Å². The fourth-order valence-corrected chi connectivity index (χ4v) is 0.906. The van der Waals surface area contributed by atoms with Gasteiger partial charge in [-0.2, -0.15) is 0 Å². The lowest BCUT2D eigenvalue weighted by Crippen LogP contribution is -2.06. The van der Waals surface area contributed by atoms with Crippen molar-refractivity contribution in [2.45, 2.75) is 6.92 Å². The molecule has 0 unspecified atom stereocenters. The lowest BCUT2D eigenvalue weighted by Gasteiger charge is -2.05. The van der Waals surface area contributed by atoms with E-state index in [-0.39, 0.29) is 6.54 Å². The van der Waals surface area contributed by atoms with Crippen LogP contribution in [-0.2, 0) is 0 Å². The summed E-state index contributed by atoms with van der Waals surface area (Å²) >= 11 is 5.71. The van der Waals surface area contributed by atoms with Crippen LogP contribution in [0.15, 0.2) is 6.33 Å². The highest BCUT2D eigenvalue weighted by molar-refractivity contribution is 6.30. The molecule has 1 aromatic heterocycles. The van der Waals surface area contributed by atoms with Gasteiger partial charge in [-0.25, -0.2) is 14.4 Å². The van der Waals surface area contributed by atoms with Crippen LogP contribution in [0.3, 0.4) is 0 Å². The number of rotatable bonds is 3. The largest absolute Gasteiger partial charge is 0.367 e. The van der Waals surface area contributed by atoms with E-state index in [1.165, 1.54) is 6.33 Å². The summed E-state index contributed by atoms with van der Waals surface area (Å²) in [6.07, 6.45) is 1.34. The van der Waals surface area contributed by atoms with Gasteiger partial charge in [0.2, 0.25) is 0 Å². The molecule has 1 heterocycles. The summed E-state index contributed by atoms with van der Waals surface area (Å²) in [6, 6.07) is 0. The summed E-state index contributed by atoms with van der Waals surface area (Å²) in [7, 11) is 0. The molecule has 1 rings (SSSR count). The second kappa shape index (κ2) is 4.21. The monoisotopic (exact) mass is 189 g/mol. The fraction of sp³-hybridized carbons (Fsp3) is 0.429. The Morgan fingerprint density at radius 1 is 1.58 bits per heavy atom. The summed E-state index contributed by atoms with van der Waals surface area (Å²) in [5.41, 5.74) is 0.743. The number of aromatic nitrogens is 2. The van der Waals surface area contributed by atoms with E-state index >= 15 is 0 Å². The van der Waals surface area contributed by atoms with Crippen molar-refractivity contribution >= 4 is 17.4 Å². The zero-order valence-corrected chi connectivity index (χ0v) is 7.40. The van der Waals surface area contributed by atoms with Gasteiger partial charge in [-0.3, -0.25) is 0 Å². The van der Waals surface area contributed by atoms with Gasteiger partial charge in [0, 0.05) is 12.1 Å². The van der Waals surface area contributed by atoms with Crippen molar-refractivity contribution in [3.8, 4) is 0 Å². The third-order valence-corrected chi connectivity index (χ3v) is 1.79. The number of halogens is 2. The number of anilines is 1. The van der Waals surface area contributed by atoms with Crippen LogP contribution in [0, 0.1) is 6.92 Å². The molecule has 0 fully saturated rings. The maximum absolute atomic E-state index is 11.8. The summed E-state index contributed by atoms with van der Waals surface area (Å²) in [5.74, 6) is 0.590. The van der Waals surface area contributed by atoms with Gasteiger partial charge in [-0.15, -0.1) is 0 Å². The van der Waals surface area contributed by atoms with E-state index in [1.807, 2.05) is 0 Å². The summed E-state index contributed by atoms with van der Waals surface area (Å²) in [5, 5.41) is 3.19. The molecule has 0 aromatic carbocycles. The SMILES string of the molecule is Cc1c(Cl)ncnc1NCCF. The molecule has 0 saturated carbocycles. The van der Waals surface area contributed by atoms with Crippen molar-refractivity contribution in [3.05, 3.63) is 17.0 Å². The van der Waals surface area contributed by atoms with Crippen molar-refractivity contribution in [1.29, 1.82) is 0 Å². The summed E-state index contributed by atoms with van der Waals surface area (Å²) in [4.78, 5) is 7.67. The molecule has 0 aliphatic carbocycles. The molecule has 0 bridgehead atoms. The van der Waals surface area contributed by atoms with Gasteiger partial charge in [0.05, 0.1) is 0 Å². The van der Waals surface area contributed by atoms with Gasteiger partial charge < -0.3 is 5.32 Å². The van der Waals surface area contributed by atoms with E-state index in [0.717, 1.165) is 5.56 Å². The molecule has 5 heteroatoms. The average Bonchev–Trinajstić information content (AvgIpc) is 2.08. The van der Waals surface area contributed by atoms with Crippen LogP contribution in [0.1, 0.15) is 5.56 Å². The van der Waals surface area contributed by atoms with Gasteiger partial charge >= 0.3 is 0 Å². The molecular formula is C7H9ClFN3. The van der Waals surface area contributed by atoms with E-state index in [2.05, 4.69) is 15.3 Å². The predicted molar refractivity (Wildman–Crippen MR) is 46.2 cm³/mol. The van der Waals surface area contributed by atoms with E-state index in [9.17, 15) is 4.39 Å². The van der Waals surface area contributed by atoms with Crippen LogP contribution >= 0.6 is 11.6 Å². The third-order valence-electron chi connectivity index (χ3n) is 1.41. The fourth-order valence-electron chi connectivity index (χ4n) is 0.773. The highest BCUT2D eigenvalue weighted by Crippen LogP contribution is 2.17. The van der Waals surface area contributed by atoms with Gasteiger partial charge in [-0.05, 0) is 6.92 Å². The Hall–Kier alpha value is -0.900. The number of nitrogens with zero attached hydrogens (tertiary/aromatic N) is 2. The summed E-state index contributed by atoms with van der Waals surface area (Å²) in [6.45, 7) is 1.60. The Morgan fingerprint density at radius 2 is 2.33 bits per heavy atom. The minimum absolute atomic E-state index is 0.244. The maximum atomic E-state index is 11.8. The minimum Gasteiger partial charge on any atom is -0.367 e. The first kappa shape index (κ1) is 9.19. The Labute approximate surface area is 75.0 Å². The van der Waals surface area contributed by atoms with Crippen LogP contribution in [0.25, 0.3) is 0 Å². The normalized spacial score (nSPS) is 9.92. The molecule has 0 spiro atoms. The zero-order chi connectivity index (χ0) is 8.97. The molecule has 1 aromatic rings. The lowest BCUT2D eigenvalue weighted by atomic mass is 10.3. The summed E-state index contributed by atoms with van der Waals surface area (Å²) < 4.78 is 11.8. The second-order valence-corrected chi connectivity index (χ2v) is 2.61. The van der Waals surface area contributed by atoms with E-state index in [4.69, 9.17) is 11.6 Å². The van der Waals surface area contributed by atoms with Crippen LogP contribution < -0.4 is 5.32 Å². The molecule has 66 valence electrons. The molecular weight excluding hydrogens is 181 g/mol. The van der Waals surface area contributed by atoms with E-state index < -0.39 is 6.67 Å². The van der Waals surface area contributed by atoms with Crippen LogP contribution in [0.5, 0.6) is 0 Å². The van der Waals surface area contributed by atoms with E-state index in [0.29, 0.717) is 11.0 Å². The first-order chi connectivity index (χ1) is 5.75. The first-order valence-corrected chi connectivity index (χ1v) is 3.90. The molecule has 0 saturated heterocycles. The molecule has 0 amide bonds. The minimum atomic E-state index is -0.430. The van der Waals surface area contributed by atoms with Crippen LogP contribution in [0.4, 0.5) is 10.2 Å². The highest BCUT2D eigenvalue weighted by Gasteiger charge is 2.02. The highest BCUT2D eigenvalue weighted by atomic mass is 35.5. The molecule has 0 atom stereocenters.